The van der Waals surface area contributed by atoms with Gasteiger partial charge in [-0.25, -0.2) is 4.39 Å². The van der Waals surface area contributed by atoms with Crippen LogP contribution in [-0.2, 0) is 9.59 Å². The maximum atomic E-state index is 13.7. The summed E-state index contributed by atoms with van der Waals surface area (Å²) in [6.45, 7) is -0.556. The minimum absolute atomic E-state index is 0.0501. The Labute approximate surface area is 190 Å². The molecule has 1 N–H and O–H groups in total. The monoisotopic (exact) mass is 466 g/mol. The first-order valence-electron chi connectivity index (χ1n) is 9.55. The zero-order valence-electron chi connectivity index (χ0n) is 16.8. The maximum absolute atomic E-state index is 13.7. The smallest absolute Gasteiger partial charge is 0.294 e. The molecule has 1 fully saturated rings. The summed E-state index contributed by atoms with van der Waals surface area (Å²) in [5.74, 6) is -1.99. The molecule has 0 bridgehead atoms. The fraction of sp³-hybridized carbons (Fsp3) is 0.0455. The molecule has 33 heavy (non-hydrogen) atoms. The molecule has 2 aromatic carbocycles. The van der Waals surface area contributed by atoms with Gasteiger partial charge in [0, 0.05) is 29.7 Å². The van der Waals surface area contributed by atoms with Gasteiger partial charge in [-0.2, -0.15) is 0 Å². The molecular weight excluding hydrogens is 451 g/mol. The third kappa shape index (κ3) is 4.67. The van der Waals surface area contributed by atoms with Crippen molar-refractivity contribution in [1.82, 2.24) is 9.47 Å². The van der Waals surface area contributed by atoms with Gasteiger partial charge >= 0.3 is 0 Å². The van der Waals surface area contributed by atoms with Crippen LogP contribution in [0.1, 0.15) is 5.69 Å². The van der Waals surface area contributed by atoms with E-state index >= 15 is 0 Å². The van der Waals surface area contributed by atoms with Crippen molar-refractivity contribution in [3.05, 3.63) is 93.4 Å². The standard InChI is InChI=1S/C22H15FN4O5S/c23-17-5-1-2-6-18(17)24-20(28)13-26-21(29)19(33-22(26)30)12-16-4-3-11-25(16)14-7-9-15(10-8-14)27(31)32/h1-12H,13H2,(H,24,28)/b19-12+. The van der Waals surface area contributed by atoms with Crippen LogP contribution in [0.5, 0.6) is 0 Å². The number of nitrogens with zero attached hydrogens (tertiary/aromatic N) is 3. The molecule has 1 aliphatic rings. The number of imide groups is 1. The van der Waals surface area contributed by atoms with E-state index in [-0.39, 0.29) is 16.3 Å². The van der Waals surface area contributed by atoms with Gasteiger partial charge in [-0.15, -0.1) is 0 Å². The average Bonchev–Trinajstić information content (AvgIpc) is 3.35. The third-order valence-corrected chi connectivity index (χ3v) is 5.63. The van der Waals surface area contributed by atoms with Gasteiger partial charge in [-0.05, 0) is 54.2 Å². The first-order valence-corrected chi connectivity index (χ1v) is 10.4. The van der Waals surface area contributed by atoms with Crippen molar-refractivity contribution in [3.8, 4) is 5.69 Å². The Hall–Kier alpha value is -4.25. The number of benzene rings is 2. The van der Waals surface area contributed by atoms with E-state index in [9.17, 15) is 28.9 Å². The molecule has 1 aliphatic heterocycles. The molecule has 0 saturated carbocycles. The van der Waals surface area contributed by atoms with Crippen molar-refractivity contribution in [2.45, 2.75) is 0 Å². The summed E-state index contributed by atoms with van der Waals surface area (Å²) >= 11 is 0.684. The van der Waals surface area contributed by atoms with Gasteiger partial charge in [0.15, 0.2) is 0 Å². The number of thioether (sulfide) groups is 1. The van der Waals surface area contributed by atoms with Crippen LogP contribution < -0.4 is 5.32 Å². The lowest BCUT2D eigenvalue weighted by Gasteiger charge is -2.12. The second-order valence-electron chi connectivity index (χ2n) is 6.87. The number of hydrogen-bond acceptors (Lipinski definition) is 6. The summed E-state index contributed by atoms with van der Waals surface area (Å²) in [4.78, 5) is 48.6. The summed E-state index contributed by atoms with van der Waals surface area (Å²) < 4.78 is 15.4. The zero-order valence-corrected chi connectivity index (χ0v) is 17.6. The van der Waals surface area contributed by atoms with Crippen molar-refractivity contribution in [2.24, 2.45) is 0 Å². The van der Waals surface area contributed by atoms with Gasteiger partial charge in [0.25, 0.3) is 16.8 Å². The van der Waals surface area contributed by atoms with Crippen LogP contribution >= 0.6 is 11.8 Å². The van der Waals surface area contributed by atoms with Gasteiger partial charge in [-0.3, -0.25) is 29.4 Å². The zero-order chi connectivity index (χ0) is 23.5. The Morgan fingerprint density at radius 1 is 1.09 bits per heavy atom. The van der Waals surface area contributed by atoms with E-state index in [1.807, 2.05) is 0 Å². The minimum atomic E-state index is -0.710. The number of para-hydroxylation sites is 1. The predicted molar refractivity (Wildman–Crippen MR) is 120 cm³/mol. The molecule has 2 heterocycles. The number of non-ortho nitro benzene ring substituents is 1. The summed E-state index contributed by atoms with van der Waals surface area (Å²) in [6, 6.07) is 14.8. The van der Waals surface area contributed by atoms with E-state index in [1.54, 1.807) is 41.1 Å². The lowest BCUT2D eigenvalue weighted by atomic mass is 10.2. The number of anilines is 1. The Balaban J connectivity index is 1.51. The molecule has 1 saturated heterocycles. The second-order valence-corrected chi connectivity index (χ2v) is 7.87. The first kappa shape index (κ1) is 22.0. The molecule has 0 atom stereocenters. The number of rotatable bonds is 6. The lowest BCUT2D eigenvalue weighted by molar-refractivity contribution is -0.384. The molecule has 0 unspecified atom stereocenters. The molecule has 3 aromatic rings. The van der Waals surface area contributed by atoms with Crippen molar-refractivity contribution < 1.29 is 23.7 Å². The first-order chi connectivity index (χ1) is 15.8. The Bertz CT molecular complexity index is 1300. The van der Waals surface area contributed by atoms with Crippen LogP contribution in [-0.4, -0.2) is 38.0 Å². The van der Waals surface area contributed by atoms with Crippen LogP contribution in [0.3, 0.4) is 0 Å². The van der Waals surface area contributed by atoms with Crippen LogP contribution in [0.2, 0.25) is 0 Å². The summed E-state index contributed by atoms with van der Waals surface area (Å²) in [7, 11) is 0. The van der Waals surface area contributed by atoms with Crippen molar-refractivity contribution >= 4 is 46.3 Å². The maximum Gasteiger partial charge on any atom is 0.294 e. The number of halogens is 1. The van der Waals surface area contributed by atoms with Crippen LogP contribution in [0.25, 0.3) is 11.8 Å². The van der Waals surface area contributed by atoms with Crippen LogP contribution in [0.15, 0.2) is 71.8 Å². The number of carbonyl (C=O) groups is 3. The highest BCUT2D eigenvalue weighted by atomic mass is 32.2. The second kappa shape index (κ2) is 9.09. The number of nitro groups is 1. The highest BCUT2D eigenvalue weighted by molar-refractivity contribution is 8.18. The molecular formula is C22H15FN4O5S. The highest BCUT2D eigenvalue weighted by Gasteiger charge is 2.36. The van der Waals surface area contributed by atoms with Gasteiger partial charge in [0.2, 0.25) is 5.91 Å². The molecule has 11 heteroatoms. The van der Waals surface area contributed by atoms with E-state index in [0.717, 1.165) is 4.90 Å². The van der Waals surface area contributed by atoms with Gasteiger partial charge in [-0.1, -0.05) is 12.1 Å². The molecule has 1 aromatic heterocycles. The highest BCUT2D eigenvalue weighted by Crippen LogP contribution is 2.32. The Morgan fingerprint density at radius 2 is 1.82 bits per heavy atom. The third-order valence-electron chi connectivity index (χ3n) is 4.72. The fourth-order valence-electron chi connectivity index (χ4n) is 3.15. The minimum Gasteiger partial charge on any atom is -0.322 e. The molecule has 4 rings (SSSR count). The molecule has 9 nitrogen and oxygen atoms in total. The number of carbonyl (C=O) groups excluding carboxylic acids is 3. The van der Waals surface area contributed by atoms with Crippen molar-refractivity contribution in [1.29, 1.82) is 0 Å². The fourth-order valence-corrected chi connectivity index (χ4v) is 3.97. The van der Waals surface area contributed by atoms with Crippen LogP contribution in [0.4, 0.5) is 20.6 Å². The number of amides is 3. The average molecular weight is 466 g/mol. The molecule has 0 spiro atoms. The number of aromatic nitrogens is 1. The SMILES string of the molecule is O=C(CN1C(=O)S/C(=C/c2cccn2-c2ccc([N+](=O)[O-])cc2)C1=O)Nc1ccccc1F. The van der Waals surface area contributed by atoms with E-state index < -0.39 is 34.3 Å². The molecule has 0 radical (unpaired) electrons. The van der Waals surface area contributed by atoms with Gasteiger partial charge in [0.1, 0.15) is 12.4 Å². The quantitative estimate of drug-likeness (QED) is 0.331. The lowest BCUT2D eigenvalue weighted by Crippen LogP contribution is -2.36. The molecule has 3 amide bonds. The number of nitro benzene ring substituents is 1. The van der Waals surface area contributed by atoms with Crippen molar-refractivity contribution in [2.75, 3.05) is 11.9 Å². The largest absolute Gasteiger partial charge is 0.322 e. The molecule has 166 valence electrons. The van der Waals surface area contributed by atoms with E-state index in [2.05, 4.69) is 5.32 Å². The Kier molecular flexibility index (Phi) is 6.05. The van der Waals surface area contributed by atoms with Crippen LogP contribution in [0, 0.1) is 15.9 Å². The number of hydrogen-bond donors (Lipinski definition) is 1. The van der Waals surface area contributed by atoms with E-state index in [4.69, 9.17) is 0 Å². The number of nitrogens with one attached hydrogen (secondary N) is 1. The summed E-state index contributed by atoms with van der Waals surface area (Å²) in [6.07, 6.45) is 3.21. The topological polar surface area (TPSA) is 115 Å². The van der Waals surface area contributed by atoms with E-state index in [1.165, 1.54) is 36.4 Å². The Morgan fingerprint density at radius 3 is 2.52 bits per heavy atom. The predicted octanol–water partition coefficient (Wildman–Crippen LogP) is 4.20. The van der Waals surface area contributed by atoms with Gasteiger partial charge in [0.05, 0.1) is 15.5 Å². The summed E-state index contributed by atoms with van der Waals surface area (Å²) in [5.41, 5.74) is 1.08. The molecule has 0 aliphatic carbocycles. The van der Waals surface area contributed by atoms with Crippen molar-refractivity contribution in [3.63, 3.8) is 0 Å². The summed E-state index contributed by atoms with van der Waals surface area (Å²) in [5, 5.41) is 12.6. The van der Waals surface area contributed by atoms with E-state index in [0.29, 0.717) is 23.1 Å². The normalized spacial score (nSPS) is 14.7. The van der Waals surface area contributed by atoms with Gasteiger partial charge < -0.3 is 9.88 Å².